The second-order valence-corrected chi connectivity index (χ2v) is 4.92. The summed E-state index contributed by atoms with van der Waals surface area (Å²) < 4.78 is 28.4. The van der Waals surface area contributed by atoms with Crippen LogP contribution in [-0.2, 0) is 6.54 Å². The Bertz CT molecular complexity index is 704. The SMILES string of the molecule is Nc1nc2c(F)cc(F)cc2n1Cc1cccs1. The molecule has 0 aliphatic heterocycles. The molecule has 2 heterocycles. The molecule has 92 valence electrons. The first-order valence-corrected chi connectivity index (χ1v) is 6.16. The van der Waals surface area contributed by atoms with Gasteiger partial charge in [0.15, 0.2) is 5.82 Å². The predicted molar refractivity (Wildman–Crippen MR) is 67.5 cm³/mol. The summed E-state index contributed by atoms with van der Waals surface area (Å²) in [6, 6.07) is 5.90. The van der Waals surface area contributed by atoms with E-state index in [1.165, 1.54) is 6.07 Å². The van der Waals surface area contributed by atoms with Crippen LogP contribution in [0, 0.1) is 11.6 Å². The number of hydrogen-bond donors (Lipinski definition) is 1. The van der Waals surface area contributed by atoms with Gasteiger partial charge in [0.2, 0.25) is 5.95 Å². The van der Waals surface area contributed by atoms with Crippen LogP contribution in [0.1, 0.15) is 4.88 Å². The molecule has 3 aromatic rings. The van der Waals surface area contributed by atoms with Gasteiger partial charge in [-0.15, -0.1) is 11.3 Å². The number of benzene rings is 1. The molecule has 0 amide bonds. The van der Waals surface area contributed by atoms with Crippen LogP contribution in [0.5, 0.6) is 0 Å². The molecule has 2 aromatic heterocycles. The fourth-order valence-corrected chi connectivity index (χ4v) is 2.58. The highest BCUT2D eigenvalue weighted by Crippen LogP contribution is 2.24. The van der Waals surface area contributed by atoms with Gasteiger partial charge in [0.1, 0.15) is 11.3 Å². The Balaban J connectivity index is 2.19. The Morgan fingerprint density at radius 3 is 2.89 bits per heavy atom. The van der Waals surface area contributed by atoms with E-state index in [-0.39, 0.29) is 11.5 Å². The molecular formula is C12H9F2N3S. The van der Waals surface area contributed by atoms with Crippen LogP contribution in [0.3, 0.4) is 0 Å². The smallest absolute Gasteiger partial charge is 0.201 e. The highest BCUT2D eigenvalue weighted by atomic mass is 32.1. The van der Waals surface area contributed by atoms with Gasteiger partial charge in [-0.25, -0.2) is 13.8 Å². The summed E-state index contributed by atoms with van der Waals surface area (Å²) in [6.07, 6.45) is 0. The van der Waals surface area contributed by atoms with E-state index in [1.807, 2.05) is 17.5 Å². The zero-order valence-electron chi connectivity index (χ0n) is 9.23. The van der Waals surface area contributed by atoms with Crippen molar-refractivity contribution in [1.29, 1.82) is 0 Å². The van der Waals surface area contributed by atoms with Crippen molar-refractivity contribution in [2.45, 2.75) is 6.54 Å². The number of aromatic nitrogens is 2. The number of imidazole rings is 1. The van der Waals surface area contributed by atoms with Crippen molar-refractivity contribution in [1.82, 2.24) is 9.55 Å². The van der Waals surface area contributed by atoms with Crippen molar-refractivity contribution in [3.63, 3.8) is 0 Å². The molecule has 0 atom stereocenters. The Morgan fingerprint density at radius 2 is 2.17 bits per heavy atom. The number of hydrogen-bond acceptors (Lipinski definition) is 3. The first-order valence-electron chi connectivity index (χ1n) is 5.28. The monoisotopic (exact) mass is 265 g/mol. The molecule has 0 fully saturated rings. The van der Waals surface area contributed by atoms with Gasteiger partial charge < -0.3 is 10.3 Å². The predicted octanol–water partition coefficient (Wildman–Crippen LogP) is 3.01. The van der Waals surface area contributed by atoms with Gasteiger partial charge in [-0.05, 0) is 11.4 Å². The molecule has 0 saturated heterocycles. The number of rotatable bonds is 2. The molecule has 0 saturated carbocycles. The van der Waals surface area contributed by atoms with Gasteiger partial charge in [0, 0.05) is 17.0 Å². The number of nitrogen functional groups attached to an aromatic ring is 1. The Hall–Kier alpha value is -1.95. The van der Waals surface area contributed by atoms with Crippen LogP contribution >= 0.6 is 11.3 Å². The minimum absolute atomic E-state index is 0.102. The van der Waals surface area contributed by atoms with Crippen LogP contribution in [0.2, 0.25) is 0 Å². The summed E-state index contributed by atoms with van der Waals surface area (Å²) in [4.78, 5) is 4.98. The van der Waals surface area contributed by atoms with E-state index >= 15 is 0 Å². The lowest BCUT2D eigenvalue weighted by Crippen LogP contribution is -2.03. The second-order valence-electron chi connectivity index (χ2n) is 3.89. The van der Waals surface area contributed by atoms with E-state index < -0.39 is 11.6 Å². The van der Waals surface area contributed by atoms with Crippen molar-refractivity contribution in [2.75, 3.05) is 5.73 Å². The van der Waals surface area contributed by atoms with Crippen molar-refractivity contribution in [3.8, 4) is 0 Å². The van der Waals surface area contributed by atoms with E-state index in [0.717, 1.165) is 10.9 Å². The maximum atomic E-state index is 13.6. The van der Waals surface area contributed by atoms with Gasteiger partial charge >= 0.3 is 0 Å². The van der Waals surface area contributed by atoms with E-state index in [9.17, 15) is 8.78 Å². The Labute approximate surface area is 105 Å². The quantitative estimate of drug-likeness (QED) is 0.774. The molecule has 0 unspecified atom stereocenters. The van der Waals surface area contributed by atoms with Crippen LogP contribution in [-0.4, -0.2) is 9.55 Å². The number of thiophene rings is 1. The highest BCUT2D eigenvalue weighted by molar-refractivity contribution is 7.09. The molecular weight excluding hydrogens is 256 g/mol. The van der Waals surface area contributed by atoms with Crippen LogP contribution in [0.15, 0.2) is 29.6 Å². The number of halogens is 2. The molecule has 6 heteroatoms. The molecule has 0 bridgehead atoms. The van der Waals surface area contributed by atoms with Crippen LogP contribution in [0.25, 0.3) is 11.0 Å². The largest absolute Gasteiger partial charge is 0.369 e. The number of nitrogens with two attached hydrogens (primary N) is 1. The summed E-state index contributed by atoms with van der Waals surface area (Å²) >= 11 is 1.56. The molecule has 18 heavy (non-hydrogen) atoms. The van der Waals surface area contributed by atoms with E-state index in [1.54, 1.807) is 15.9 Å². The second kappa shape index (κ2) is 4.06. The van der Waals surface area contributed by atoms with Crippen molar-refractivity contribution in [2.24, 2.45) is 0 Å². The fraction of sp³-hybridized carbons (Fsp3) is 0.0833. The lowest BCUT2D eigenvalue weighted by molar-refractivity contribution is 0.590. The third-order valence-corrected chi connectivity index (χ3v) is 3.56. The summed E-state index contributed by atoms with van der Waals surface area (Å²) in [5, 5.41) is 1.94. The molecule has 0 radical (unpaired) electrons. The minimum Gasteiger partial charge on any atom is -0.369 e. The van der Waals surface area contributed by atoms with Crippen molar-refractivity contribution < 1.29 is 8.78 Å². The van der Waals surface area contributed by atoms with Gasteiger partial charge in [-0.1, -0.05) is 6.07 Å². The van der Waals surface area contributed by atoms with Gasteiger partial charge in [-0.2, -0.15) is 0 Å². The highest BCUT2D eigenvalue weighted by Gasteiger charge is 2.14. The van der Waals surface area contributed by atoms with E-state index in [4.69, 9.17) is 5.73 Å². The summed E-state index contributed by atoms with van der Waals surface area (Å²) in [6.45, 7) is 0.461. The zero-order chi connectivity index (χ0) is 12.7. The standard InChI is InChI=1S/C12H9F2N3S/c13-7-4-9(14)11-10(5-7)17(12(15)16-11)6-8-2-1-3-18-8/h1-5H,6H2,(H2,15,16). The first-order chi connectivity index (χ1) is 8.65. The molecule has 0 aliphatic carbocycles. The Kier molecular flexibility index (Phi) is 2.52. The third-order valence-electron chi connectivity index (χ3n) is 2.70. The van der Waals surface area contributed by atoms with Crippen LogP contribution in [0.4, 0.5) is 14.7 Å². The maximum Gasteiger partial charge on any atom is 0.201 e. The molecule has 0 aliphatic rings. The molecule has 1 aromatic carbocycles. The topological polar surface area (TPSA) is 43.8 Å². The molecule has 0 spiro atoms. The number of nitrogens with zero attached hydrogens (tertiary/aromatic N) is 2. The summed E-state index contributed by atoms with van der Waals surface area (Å²) in [5.41, 5.74) is 6.23. The first kappa shape index (κ1) is 11.2. The van der Waals surface area contributed by atoms with Crippen molar-refractivity contribution >= 4 is 28.3 Å². The lowest BCUT2D eigenvalue weighted by atomic mass is 10.3. The van der Waals surface area contributed by atoms with Gasteiger partial charge in [0.05, 0.1) is 12.1 Å². The maximum absolute atomic E-state index is 13.6. The Morgan fingerprint density at radius 1 is 1.33 bits per heavy atom. The van der Waals surface area contributed by atoms with Crippen LogP contribution < -0.4 is 5.73 Å². The number of fused-ring (bicyclic) bond motifs is 1. The third kappa shape index (κ3) is 1.74. The number of anilines is 1. The minimum atomic E-state index is -0.693. The average molecular weight is 265 g/mol. The van der Waals surface area contributed by atoms with Gasteiger partial charge in [0.25, 0.3) is 0 Å². The molecule has 2 N–H and O–H groups in total. The zero-order valence-corrected chi connectivity index (χ0v) is 10.0. The summed E-state index contributed by atoms with van der Waals surface area (Å²) in [7, 11) is 0. The average Bonchev–Trinajstić information content (AvgIpc) is 2.91. The van der Waals surface area contributed by atoms with Crippen molar-refractivity contribution in [3.05, 3.63) is 46.2 Å². The summed E-state index contributed by atoms with van der Waals surface area (Å²) in [5.74, 6) is -1.14. The normalized spacial score (nSPS) is 11.2. The van der Waals surface area contributed by atoms with E-state index in [2.05, 4.69) is 4.98 Å². The molecule has 3 rings (SSSR count). The fourth-order valence-electron chi connectivity index (χ4n) is 1.89. The van der Waals surface area contributed by atoms with E-state index in [0.29, 0.717) is 12.1 Å². The van der Waals surface area contributed by atoms with Gasteiger partial charge in [-0.3, -0.25) is 0 Å². The molecule has 3 nitrogen and oxygen atoms in total. The lowest BCUT2D eigenvalue weighted by Gasteiger charge is -2.04.